The Balaban J connectivity index is 1.65. The summed E-state index contributed by atoms with van der Waals surface area (Å²) in [4.78, 5) is 28.8. The fraction of sp³-hybridized carbons (Fsp3) is 0.0476. The van der Waals surface area contributed by atoms with Gasteiger partial charge in [0.1, 0.15) is 0 Å². The minimum absolute atomic E-state index is 0.242. The number of hydrogen-bond donors (Lipinski definition) is 2. The van der Waals surface area contributed by atoms with Crippen molar-refractivity contribution in [2.24, 2.45) is 5.10 Å². The zero-order valence-corrected chi connectivity index (χ0v) is 15.1. The van der Waals surface area contributed by atoms with Gasteiger partial charge in [-0.3, -0.25) is 19.7 Å². The SMILES string of the molecule is Cc1[nH]n(-c2cccc3ccccc23)c(=O)c1C=NNC(=O)c1cccnc1. The minimum atomic E-state index is -0.396. The molecule has 2 aromatic heterocycles. The summed E-state index contributed by atoms with van der Waals surface area (Å²) in [5.74, 6) is -0.396. The molecule has 7 heteroatoms. The molecule has 0 aliphatic heterocycles. The van der Waals surface area contributed by atoms with E-state index in [4.69, 9.17) is 0 Å². The first-order valence-corrected chi connectivity index (χ1v) is 8.68. The van der Waals surface area contributed by atoms with Crippen LogP contribution in [0.2, 0.25) is 0 Å². The molecule has 0 unspecified atom stereocenters. The van der Waals surface area contributed by atoms with E-state index >= 15 is 0 Å². The van der Waals surface area contributed by atoms with Crippen LogP contribution in [0.25, 0.3) is 16.5 Å². The Morgan fingerprint density at radius 3 is 2.79 bits per heavy atom. The predicted molar refractivity (Wildman–Crippen MR) is 108 cm³/mol. The summed E-state index contributed by atoms with van der Waals surface area (Å²) in [7, 11) is 0. The molecule has 0 saturated heterocycles. The van der Waals surface area contributed by atoms with Crippen LogP contribution in [-0.2, 0) is 0 Å². The third-order valence-electron chi connectivity index (χ3n) is 4.41. The molecule has 0 radical (unpaired) electrons. The highest BCUT2D eigenvalue weighted by molar-refractivity contribution is 5.94. The van der Waals surface area contributed by atoms with Gasteiger partial charge in [0.2, 0.25) is 0 Å². The van der Waals surface area contributed by atoms with Crippen LogP contribution < -0.4 is 11.0 Å². The van der Waals surface area contributed by atoms with Crippen molar-refractivity contribution in [3.05, 3.63) is 94.2 Å². The number of rotatable bonds is 4. The first kappa shape index (κ1) is 17.4. The quantitative estimate of drug-likeness (QED) is 0.427. The maximum atomic E-state index is 12.9. The van der Waals surface area contributed by atoms with E-state index in [9.17, 15) is 9.59 Å². The monoisotopic (exact) mass is 371 g/mol. The number of nitrogens with zero attached hydrogens (tertiary/aromatic N) is 3. The zero-order valence-electron chi connectivity index (χ0n) is 15.1. The number of aryl methyl sites for hydroxylation is 1. The molecule has 0 atom stereocenters. The lowest BCUT2D eigenvalue weighted by Crippen LogP contribution is -2.20. The summed E-state index contributed by atoms with van der Waals surface area (Å²) >= 11 is 0. The van der Waals surface area contributed by atoms with Gasteiger partial charge in [0.25, 0.3) is 11.5 Å². The molecule has 0 aliphatic rings. The number of aromatic nitrogens is 3. The van der Waals surface area contributed by atoms with Gasteiger partial charge < -0.3 is 0 Å². The van der Waals surface area contributed by atoms with Crippen molar-refractivity contribution in [1.29, 1.82) is 0 Å². The zero-order chi connectivity index (χ0) is 19.5. The summed E-state index contributed by atoms with van der Waals surface area (Å²) < 4.78 is 1.49. The van der Waals surface area contributed by atoms with Crippen molar-refractivity contribution in [3.63, 3.8) is 0 Å². The van der Waals surface area contributed by atoms with E-state index in [1.807, 2.05) is 42.5 Å². The van der Waals surface area contributed by atoms with Crippen LogP contribution in [0, 0.1) is 6.92 Å². The summed E-state index contributed by atoms with van der Waals surface area (Å²) in [6, 6.07) is 16.9. The number of hydrogen-bond acceptors (Lipinski definition) is 4. The fourth-order valence-electron chi connectivity index (χ4n) is 3.00. The second kappa shape index (κ2) is 7.32. The van der Waals surface area contributed by atoms with Crippen LogP contribution in [0.15, 0.2) is 76.9 Å². The Kier molecular flexibility index (Phi) is 4.55. The largest absolute Gasteiger partial charge is 0.295 e. The van der Waals surface area contributed by atoms with E-state index in [2.05, 4.69) is 20.6 Å². The lowest BCUT2D eigenvalue weighted by atomic mass is 10.1. The Labute approximate surface area is 160 Å². The number of nitrogens with one attached hydrogen (secondary N) is 2. The van der Waals surface area contributed by atoms with E-state index < -0.39 is 5.91 Å². The number of aromatic amines is 1. The first-order valence-electron chi connectivity index (χ1n) is 8.68. The second-order valence-corrected chi connectivity index (χ2v) is 6.23. The predicted octanol–water partition coefficient (Wildman–Crippen LogP) is 2.79. The molecule has 0 aliphatic carbocycles. The lowest BCUT2D eigenvalue weighted by molar-refractivity contribution is 0.0955. The molecule has 0 fully saturated rings. The smallest absolute Gasteiger partial charge is 0.280 e. The molecule has 2 N–H and O–H groups in total. The van der Waals surface area contributed by atoms with Gasteiger partial charge in [-0.25, -0.2) is 10.1 Å². The number of benzene rings is 2. The van der Waals surface area contributed by atoms with Crippen molar-refractivity contribution in [2.45, 2.75) is 6.92 Å². The van der Waals surface area contributed by atoms with Crippen LogP contribution in [0.4, 0.5) is 0 Å². The molecular weight excluding hydrogens is 354 g/mol. The van der Waals surface area contributed by atoms with Gasteiger partial charge in [-0.15, -0.1) is 0 Å². The Morgan fingerprint density at radius 2 is 1.96 bits per heavy atom. The van der Waals surface area contributed by atoms with Crippen LogP contribution in [0.5, 0.6) is 0 Å². The van der Waals surface area contributed by atoms with Gasteiger partial charge in [0.05, 0.1) is 23.0 Å². The number of fused-ring (bicyclic) bond motifs is 1. The number of pyridine rings is 1. The number of carbonyl (C=O) groups is 1. The molecular formula is C21H17N5O2. The average Bonchev–Trinajstić information content (AvgIpc) is 3.02. The van der Waals surface area contributed by atoms with E-state index in [0.29, 0.717) is 16.8 Å². The topological polar surface area (TPSA) is 92.1 Å². The number of hydrazone groups is 1. The second-order valence-electron chi connectivity index (χ2n) is 6.23. The molecule has 0 spiro atoms. The molecule has 0 saturated carbocycles. The summed E-state index contributed by atoms with van der Waals surface area (Å²) in [5.41, 5.74) is 4.33. The van der Waals surface area contributed by atoms with Gasteiger partial charge in [0, 0.05) is 23.5 Å². The highest BCUT2D eigenvalue weighted by Crippen LogP contribution is 2.20. The maximum Gasteiger partial charge on any atom is 0.280 e. The Bertz CT molecular complexity index is 1230. The van der Waals surface area contributed by atoms with Crippen molar-refractivity contribution >= 4 is 22.9 Å². The van der Waals surface area contributed by atoms with E-state index in [0.717, 1.165) is 16.5 Å². The molecule has 1 amide bonds. The van der Waals surface area contributed by atoms with Gasteiger partial charge in [0.15, 0.2) is 0 Å². The van der Waals surface area contributed by atoms with Gasteiger partial charge in [-0.2, -0.15) is 5.10 Å². The summed E-state index contributed by atoms with van der Waals surface area (Å²) in [5, 5.41) is 9.00. The maximum absolute atomic E-state index is 12.9. The average molecular weight is 371 g/mol. The van der Waals surface area contributed by atoms with Crippen LogP contribution in [0.3, 0.4) is 0 Å². The fourth-order valence-corrected chi connectivity index (χ4v) is 3.00. The van der Waals surface area contributed by atoms with Gasteiger partial charge in [-0.1, -0.05) is 36.4 Å². The molecule has 138 valence electrons. The highest BCUT2D eigenvalue weighted by atomic mass is 16.2. The van der Waals surface area contributed by atoms with Crippen molar-refractivity contribution in [1.82, 2.24) is 20.2 Å². The lowest BCUT2D eigenvalue weighted by Gasteiger charge is -2.06. The number of carbonyl (C=O) groups excluding carboxylic acids is 1. The Morgan fingerprint density at radius 1 is 1.14 bits per heavy atom. The van der Waals surface area contributed by atoms with Gasteiger partial charge >= 0.3 is 0 Å². The summed E-state index contributed by atoms with van der Waals surface area (Å²) in [6.07, 6.45) is 4.38. The normalized spacial score (nSPS) is 11.2. The van der Waals surface area contributed by atoms with Crippen LogP contribution in [0.1, 0.15) is 21.6 Å². The molecule has 0 bridgehead atoms. The van der Waals surface area contributed by atoms with Crippen LogP contribution >= 0.6 is 0 Å². The molecule has 2 heterocycles. The molecule has 2 aromatic carbocycles. The standard InChI is InChI=1S/C21H17N5O2/c1-14-18(13-23-24-20(27)16-8-5-11-22-12-16)21(28)26(25-14)19-10-4-7-15-6-2-3-9-17(15)19/h2-13,25H,1H3,(H,24,27). The third kappa shape index (κ3) is 3.21. The van der Waals surface area contributed by atoms with Gasteiger partial charge in [-0.05, 0) is 30.5 Å². The number of H-pyrrole nitrogens is 1. The minimum Gasteiger partial charge on any atom is -0.295 e. The van der Waals surface area contributed by atoms with Crippen molar-refractivity contribution in [2.75, 3.05) is 0 Å². The highest BCUT2D eigenvalue weighted by Gasteiger charge is 2.13. The third-order valence-corrected chi connectivity index (χ3v) is 4.41. The van der Waals surface area contributed by atoms with E-state index in [1.54, 1.807) is 25.3 Å². The van der Waals surface area contributed by atoms with Crippen molar-refractivity contribution in [3.8, 4) is 5.69 Å². The summed E-state index contributed by atoms with van der Waals surface area (Å²) in [6.45, 7) is 1.79. The first-order chi connectivity index (χ1) is 13.6. The molecule has 4 aromatic rings. The van der Waals surface area contributed by atoms with E-state index in [1.165, 1.54) is 17.1 Å². The number of amides is 1. The molecule has 28 heavy (non-hydrogen) atoms. The van der Waals surface area contributed by atoms with Crippen LogP contribution in [-0.4, -0.2) is 26.9 Å². The van der Waals surface area contributed by atoms with Crippen molar-refractivity contribution < 1.29 is 4.79 Å². The Hall–Kier alpha value is -4.00. The molecule has 4 rings (SSSR count). The van der Waals surface area contributed by atoms with E-state index in [-0.39, 0.29) is 5.56 Å². The molecule has 7 nitrogen and oxygen atoms in total.